The van der Waals surface area contributed by atoms with Crippen LogP contribution in [0.4, 0.5) is 10.8 Å². The van der Waals surface area contributed by atoms with Crippen LogP contribution in [0.15, 0.2) is 58.5 Å². The molecule has 0 aromatic carbocycles. The molecule has 12 nitrogen and oxygen atoms in total. The Morgan fingerprint density at radius 2 is 2.14 bits per heavy atom. The number of nitrogen functional groups attached to an aromatic ring is 2. The van der Waals surface area contributed by atoms with Crippen molar-refractivity contribution < 1.29 is 28.9 Å². The molecular weight excluding hydrogens is 494 g/mol. The number of amides is 2. The Morgan fingerprint density at radius 1 is 1.40 bits per heavy atom. The van der Waals surface area contributed by atoms with E-state index in [0.717, 1.165) is 11.3 Å². The highest BCUT2D eigenvalue weighted by molar-refractivity contribution is 8.00. The molecule has 2 amide bonds. The van der Waals surface area contributed by atoms with Crippen LogP contribution in [0, 0.1) is 0 Å². The Kier molecular flexibility index (Phi) is 7.02. The van der Waals surface area contributed by atoms with Gasteiger partial charge in [-0.15, -0.1) is 23.1 Å². The molecule has 2 aliphatic rings. The number of carboxylic acid groups (broad SMARTS) is 1. The summed E-state index contributed by atoms with van der Waals surface area (Å²) < 4.78 is 1.88. The van der Waals surface area contributed by atoms with E-state index in [2.05, 4.69) is 15.5 Å². The molecular formula is C21H22N7O5S2+. The number of β-lactam (4-membered cyclic amide) rings is 1. The van der Waals surface area contributed by atoms with Crippen LogP contribution in [0.5, 0.6) is 0 Å². The Morgan fingerprint density at radius 3 is 2.77 bits per heavy atom. The molecule has 0 aliphatic carbocycles. The van der Waals surface area contributed by atoms with Gasteiger partial charge in [-0.25, -0.2) is 14.3 Å². The van der Waals surface area contributed by atoms with Crippen molar-refractivity contribution in [3.8, 4) is 0 Å². The highest BCUT2D eigenvalue weighted by Crippen LogP contribution is 2.40. The van der Waals surface area contributed by atoms with E-state index >= 15 is 0 Å². The number of carbonyl (C=O) groups excluding carboxylic acids is 2. The zero-order valence-corrected chi connectivity index (χ0v) is 20.1. The molecule has 2 aromatic heterocycles. The first kappa shape index (κ1) is 24.2. The van der Waals surface area contributed by atoms with Gasteiger partial charge in [-0.3, -0.25) is 14.5 Å². The second-order valence-corrected chi connectivity index (χ2v) is 9.46. The average Bonchev–Trinajstić information content (AvgIpc) is 3.27. The van der Waals surface area contributed by atoms with Crippen molar-refractivity contribution in [1.82, 2.24) is 15.2 Å². The van der Waals surface area contributed by atoms with Gasteiger partial charge >= 0.3 is 5.97 Å². The van der Waals surface area contributed by atoms with Gasteiger partial charge in [0.1, 0.15) is 29.9 Å². The number of rotatable bonds is 8. The second-order valence-electron chi connectivity index (χ2n) is 7.46. The molecule has 0 saturated carbocycles. The predicted molar refractivity (Wildman–Crippen MR) is 130 cm³/mol. The lowest BCUT2D eigenvalue weighted by atomic mass is 10.0. The van der Waals surface area contributed by atoms with Gasteiger partial charge in [0.25, 0.3) is 11.8 Å². The Bertz CT molecular complexity index is 1260. The van der Waals surface area contributed by atoms with Gasteiger partial charge in [-0.2, -0.15) is 0 Å². The summed E-state index contributed by atoms with van der Waals surface area (Å²) in [4.78, 5) is 47.7. The number of hydrogen-bond donors (Lipinski definition) is 4. The topological polar surface area (TPSA) is 177 Å². The number of aromatic nitrogens is 2. The van der Waals surface area contributed by atoms with Crippen molar-refractivity contribution in [3.05, 3.63) is 59.0 Å². The van der Waals surface area contributed by atoms with E-state index in [-0.39, 0.29) is 22.2 Å². The minimum Gasteiger partial charge on any atom is -0.477 e. The van der Waals surface area contributed by atoms with Crippen molar-refractivity contribution in [1.29, 1.82) is 0 Å². The third kappa shape index (κ3) is 4.97. The van der Waals surface area contributed by atoms with Gasteiger partial charge in [-0.05, 0) is 11.6 Å². The molecule has 2 aromatic rings. The maximum atomic E-state index is 12.9. The zero-order valence-electron chi connectivity index (χ0n) is 18.5. The van der Waals surface area contributed by atoms with Gasteiger partial charge in [0.15, 0.2) is 29.8 Å². The number of anilines is 2. The summed E-state index contributed by atoms with van der Waals surface area (Å²) in [6.07, 6.45) is 7.13. The lowest BCUT2D eigenvalue weighted by molar-refractivity contribution is -0.686. The molecule has 182 valence electrons. The molecule has 35 heavy (non-hydrogen) atoms. The van der Waals surface area contributed by atoms with Crippen molar-refractivity contribution in [2.24, 2.45) is 5.16 Å². The molecule has 0 spiro atoms. The number of thioether (sulfide) groups is 1. The summed E-state index contributed by atoms with van der Waals surface area (Å²) >= 11 is 2.49. The fraction of sp³-hybridized carbons (Fsp3) is 0.238. The van der Waals surface area contributed by atoms with Crippen LogP contribution in [-0.2, 0) is 25.8 Å². The average molecular weight is 517 g/mol. The standard InChI is InChI=1S/C21H21N7O5S2/c1-33-26-14(13-10-35-21(23)24-13)17(29)25-15-18(30)28-16(20(31)32)11(9-34-19(15)28)3-2-6-27-7-4-12(22)5-8-27/h2-5,7-8,10,15,19,22H,6,9H2,1H3,(H4,23,24,25,29,31,32)/p+1/b3-2?,26-14-/t15?,19-/m0/s1. The summed E-state index contributed by atoms with van der Waals surface area (Å²) in [7, 11) is 1.28. The summed E-state index contributed by atoms with van der Waals surface area (Å²) in [5, 5.41) is 17.4. The number of hydrogen-bond acceptors (Lipinski definition) is 10. The third-order valence-electron chi connectivity index (χ3n) is 5.20. The van der Waals surface area contributed by atoms with E-state index in [1.54, 1.807) is 23.6 Å². The van der Waals surface area contributed by atoms with Gasteiger partial charge in [0, 0.05) is 29.0 Å². The van der Waals surface area contributed by atoms with E-state index < -0.39 is 29.2 Å². The monoisotopic (exact) mass is 516 g/mol. The molecule has 1 saturated heterocycles. The molecule has 6 N–H and O–H groups in total. The smallest absolute Gasteiger partial charge is 0.352 e. The lowest BCUT2D eigenvalue weighted by Gasteiger charge is -2.49. The number of nitrogens with zero attached hydrogens (tertiary/aromatic N) is 4. The largest absolute Gasteiger partial charge is 0.477 e. The first-order valence-corrected chi connectivity index (χ1v) is 12.2. The zero-order chi connectivity index (χ0) is 25.1. The molecule has 4 rings (SSSR count). The number of oxime groups is 1. The van der Waals surface area contributed by atoms with E-state index in [1.807, 2.05) is 23.0 Å². The van der Waals surface area contributed by atoms with Crippen molar-refractivity contribution in [2.45, 2.75) is 18.0 Å². The van der Waals surface area contributed by atoms with Crippen LogP contribution in [-0.4, -0.2) is 62.8 Å². The first-order valence-electron chi connectivity index (χ1n) is 10.3. The van der Waals surface area contributed by atoms with Gasteiger partial charge < -0.3 is 26.7 Å². The van der Waals surface area contributed by atoms with Gasteiger partial charge in [-0.1, -0.05) is 11.2 Å². The predicted octanol–water partition coefficient (Wildman–Crippen LogP) is -0.0595. The quantitative estimate of drug-likeness (QED) is 0.162. The Labute approximate surface area is 207 Å². The summed E-state index contributed by atoms with van der Waals surface area (Å²) in [6.45, 7) is 0.500. The van der Waals surface area contributed by atoms with Gasteiger partial charge in [0.05, 0.1) is 0 Å². The molecule has 14 heteroatoms. The summed E-state index contributed by atoms with van der Waals surface area (Å²) in [5.41, 5.74) is 12.5. The fourth-order valence-corrected chi connectivity index (χ4v) is 5.45. The maximum Gasteiger partial charge on any atom is 0.352 e. The SMILES string of the molecule is CO/N=C(\C(=O)NC1C(=O)N2C(C(=O)O)=C(C=CC[n+]3ccc(N)cc3)CS[C@@H]12)c1csc(N)n1. The minimum absolute atomic E-state index is 0.0964. The fourth-order valence-electron chi connectivity index (χ4n) is 3.58. The molecule has 1 unspecified atom stereocenters. The number of aliphatic carboxylic acids is 1. The molecule has 1 fully saturated rings. The molecule has 2 atom stereocenters. The van der Waals surface area contributed by atoms with E-state index in [1.165, 1.54) is 23.8 Å². The number of thiazole rings is 1. The lowest BCUT2D eigenvalue weighted by Crippen LogP contribution is -2.71. The molecule has 0 radical (unpaired) electrons. The Balaban J connectivity index is 1.48. The van der Waals surface area contributed by atoms with Crippen LogP contribution < -0.4 is 21.4 Å². The van der Waals surface area contributed by atoms with Crippen molar-refractivity contribution in [2.75, 3.05) is 24.3 Å². The number of nitrogens with two attached hydrogens (primary N) is 2. The van der Waals surface area contributed by atoms with Crippen LogP contribution in [0.2, 0.25) is 0 Å². The number of carboxylic acids is 1. The summed E-state index contributed by atoms with van der Waals surface area (Å²) in [6, 6.07) is 2.60. The number of fused-ring (bicyclic) bond motifs is 1. The first-order chi connectivity index (χ1) is 16.8. The normalized spacial score (nSPS) is 20.0. The van der Waals surface area contributed by atoms with E-state index in [9.17, 15) is 19.5 Å². The van der Waals surface area contributed by atoms with Crippen molar-refractivity contribution >= 4 is 57.4 Å². The van der Waals surface area contributed by atoms with Crippen LogP contribution >= 0.6 is 23.1 Å². The van der Waals surface area contributed by atoms with Crippen LogP contribution in [0.1, 0.15) is 5.69 Å². The number of nitrogens with one attached hydrogen (secondary N) is 1. The van der Waals surface area contributed by atoms with Crippen LogP contribution in [0.25, 0.3) is 0 Å². The molecule has 0 bridgehead atoms. The van der Waals surface area contributed by atoms with Gasteiger partial charge in [0.2, 0.25) is 0 Å². The highest BCUT2D eigenvalue weighted by atomic mass is 32.2. The number of pyridine rings is 1. The third-order valence-corrected chi connectivity index (χ3v) is 7.18. The molecule has 4 heterocycles. The van der Waals surface area contributed by atoms with Crippen molar-refractivity contribution in [3.63, 3.8) is 0 Å². The molecule has 2 aliphatic heterocycles. The summed E-state index contributed by atoms with van der Waals surface area (Å²) in [5.74, 6) is -2.07. The number of allylic oxidation sites excluding steroid dienone is 2. The maximum absolute atomic E-state index is 12.9. The van der Waals surface area contributed by atoms with E-state index in [0.29, 0.717) is 23.6 Å². The second kappa shape index (κ2) is 10.1. The van der Waals surface area contributed by atoms with E-state index in [4.69, 9.17) is 16.3 Å². The van der Waals surface area contributed by atoms with Crippen LogP contribution in [0.3, 0.4) is 0 Å². The number of carbonyl (C=O) groups is 3. The Hall–Kier alpha value is -3.91. The highest BCUT2D eigenvalue weighted by Gasteiger charge is 2.54. The minimum atomic E-state index is -1.22.